The number of allylic oxidation sites excluding steroid dienone is 3. The van der Waals surface area contributed by atoms with E-state index in [0.717, 1.165) is 29.2 Å². The summed E-state index contributed by atoms with van der Waals surface area (Å²) in [7, 11) is 0. The molecule has 0 fully saturated rings. The molecule has 7 aromatic carbocycles. The van der Waals surface area contributed by atoms with Gasteiger partial charge in [-0.3, -0.25) is 0 Å². The summed E-state index contributed by atoms with van der Waals surface area (Å²) in [6.45, 7) is 14.9. The third-order valence-corrected chi connectivity index (χ3v) is 12.3. The summed E-state index contributed by atoms with van der Waals surface area (Å²) in [5.74, 6) is 0. The van der Waals surface area contributed by atoms with E-state index in [2.05, 4.69) is 249 Å². The van der Waals surface area contributed by atoms with Gasteiger partial charge in [0.25, 0.3) is 0 Å². The highest BCUT2D eigenvalue weighted by Crippen LogP contribution is 2.50. The lowest BCUT2D eigenvalue weighted by Gasteiger charge is -2.25. The van der Waals surface area contributed by atoms with Gasteiger partial charge in [0.15, 0.2) is 0 Å². The van der Waals surface area contributed by atoms with Gasteiger partial charge < -0.3 is 9.80 Å². The van der Waals surface area contributed by atoms with Crippen LogP contribution >= 0.6 is 22.7 Å². The first-order valence-electron chi connectivity index (χ1n) is 22.0. The number of para-hydroxylation sites is 4. The molecule has 324 valence electrons. The normalized spacial score (nSPS) is 10.4. The van der Waals surface area contributed by atoms with Crippen molar-refractivity contribution < 1.29 is 0 Å². The Morgan fingerprint density at radius 1 is 0.446 bits per heavy atom. The second-order valence-corrected chi connectivity index (χ2v) is 17.0. The van der Waals surface area contributed by atoms with E-state index in [1.165, 1.54) is 53.1 Å². The first-order valence-corrected chi connectivity index (χ1v) is 23.7. The molecule has 0 radical (unpaired) electrons. The lowest BCUT2D eigenvalue weighted by Crippen LogP contribution is -2.09. The molecule has 2 aromatic heterocycles. The summed E-state index contributed by atoms with van der Waals surface area (Å²) < 4.78 is 0. The average molecular weight is 883 g/mol. The highest BCUT2D eigenvalue weighted by molar-refractivity contribution is 7.19. The van der Waals surface area contributed by atoms with Gasteiger partial charge in [0, 0.05) is 43.6 Å². The van der Waals surface area contributed by atoms with Crippen LogP contribution in [0.15, 0.2) is 250 Å². The summed E-state index contributed by atoms with van der Waals surface area (Å²) in [5.41, 5.74) is 12.0. The summed E-state index contributed by atoms with van der Waals surface area (Å²) in [6, 6.07) is 79.4. The van der Waals surface area contributed by atoms with Gasteiger partial charge in [0.1, 0.15) is 10.0 Å². The summed E-state index contributed by atoms with van der Waals surface area (Å²) in [5, 5.41) is 2.40. The Hall–Kier alpha value is -7.24. The quantitative estimate of drug-likeness (QED) is 0.119. The predicted molar refractivity (Wildman–Crippen MR) is 290 cm³/mol. The van der Waals surface area contributed by atoms with E-state index in [-0.39, 0.29) is 0 Å². The molecular formula is C61H58N2S2. The van der Waals surface area contributed by atoms with E-state index in [0.29, 0.717) is 0 Å². The van der Waals surface area contributed by atoms with Gasteiger partial charge in [-0.15, -0.1) is 35.8 Å². The van der Waals surface area contributed by atoms with Gasteiger partial charge in [0.2, 0.25) is 0 Å². The Kier molecular flexibility index (Phi) is 18.3. The van der Waals surface area contributed by atoms with Gasteiger partial charge >= 0.3 is 0 Å². The molecule has 0 spiro atoms. The van der Waals surface area contributed by atoms with E-state index < -0.39 is 0 Å². The minimum absolute atomic E-state index is 0.903. The fraction of sp³-hybridized carbons (Fsp3) is 0.0820. The first-order chi connectivity index (χ1) is 32.0. The molecule has 2 nitrogen and oxygen atoms in total. The zero-order valence-corrected chi connectivity index (χ0v) is 39.6. The van der Waals surface area contributed by atoms with Crippen LogP contribution in [0.5, 0.6) is 0 Å². The van der Waals surface area contributed by atoms with Crippen LogP contribution in [0, 0.1) is 6.92 Å². The molecule has 2 heterocycles. The molecule has 0 saturated heterocycles. The SMILES string of the molecule is C=CC.C=CC.CC/C(=C\c1cc(-c2ccccc2)c(N(c2ccccc2)c2ccccc2)s1)c1cc(-c2ccccc2)c(N(c2ccccc2)c2ccccc2)s1.Cc1ccccc1. The third kappa shape index (κ3) is 12.9. The molecule has 0 atom stereocenters. The van der Waals surface area contributed by atoms with Crippen molar-refractivity contribution in [1.29, 1.82) is 0 Å². The number of thiophene rings is 2. The topological polar surface area (TPSA) is 6.48 Å². The molecule has 0 aliphatic carbocycles. The molecule has 65 heavy (non-hydrogen) atoms. The van der Waals surface area contributed by atoms with Crippen molar-refractivity contribution in [2.24, 2.45) is 0 Å². The monoisotopic (exact) mass is 882 g/mol. The second kappa shape index (κ2) is 25.2. The molecule has 0 bridgehead atoms. The molecule has 0 aliphatic rings. The molecule has 0 saturated carbocycles. The predicted octanol–water partition coefficient (Wildman–Crippen LogP) is 19.4. The van der Waals surface area contributed by atoms with Crippen molar-refractivity contribution in [2.45, 2.75) is 34.1 Å². The van der Waals surface area contributed by atoms with E-state index >= 15 is 0 Å². The van der Waals surface area contributed by atoms with Crippen LogP contribution in [-0.2, 0) is 0 Å². The van der Waals surface area contributed by atoms with Crippen LogP contribution in [0.1, 0.15) is 42.5 Å². The van der Waals surface area contributed by atoms with Crippen molar-refractivity contribution in [2.75, 3.05) is 9.80 Å². The Labute approximate surface area is 396 Å². The minimum atomic E-state index is 0.903. The summed E-state index contributed by atoms with van der Waals surface area (Å²) in [4.78, 5) is 7.29. The third-order valence-electron chi connectivity index (χ3n) is 10.0. The van der Waals surface area contributed by atoms with E-state index in [9.17, 15) is 0 Å². The number of rotatable bonds is 11. The van der Waals surface area contributed by atoms with Crippen LogP contribution in [0.25, 0.3) is 33.9 Å². The van der Waals surface area contributed by atoms with Gasteiger partial charge in [-0.1, -0.05) is 188 Å². The minimum Gasteiger partial charge on any atom is -0.301 e. The largest absolute Gasteiger partial charge is 0.301 e. The molecule has 4 heteroatoms. The molecule has 0 unspecified atom stereocenters. The van der Waals surface area contributed by atoms with Crippen LogP contribution in [0.2, 0.25) is 0 Å². The second-order valence-electron chi connectivity index (χ2n) is 14.9. The number of anilines is 6. The fourth-order valence-electron chi connectivity index (χ4n) is 7.12. The molecule has 0 N–H and O–H groups in total. The average Bonchev–Trinajstić information content (AvgIpc) is 3.99. The zero-order valence-electron chi connectivity index (χ0n) is 37.9. The number of nitrogens with zero attached hydrogens (tertiary/aromatic N) is 2. The number of hydrogen-bond donors (Lipinski definition) is 0. The summed E-state index contributed by atoms with van der Waals surface area (Å²) in [6.07, 6.45) is 6.81. The number of benzene rings is 7. The Balaban J connectivity index is 0.000000472. The van der Waals surface area contributed by atoms with Gasteiger partial charge in [-0.05, 0) is 111 Å². The standard InChI is InChI=1S/C48H38N2S2.C7H8.2C3H6/c1-2-36(46-35-45(38-23-11-4-12-24-38)48(52-46)50(41-29-17-7-18-30-41)42-31-19-8-20-32-42)33-43-34-44(37-21-9-3-10-22-37)47(51-43)49(39-25-13-5-14-26-39)40-27-15-6-16-28-40;1-7-5-3-2-4-6-7;2*1-3-2/h3-35H,2H2,1H3;2-6H,1H3;2*3H,1H2,2H3/b36-33+;;;. The van der Waals surface area contributed by atoms with Gasteiger partial charge in [-0.25, -0.2) is 0 Å². The van der Waals surface area contributed by atoms with E-state index in [1.54, 1.807) is 12.2 Å². The summed E-state index contributed by atoms with van der Waals surface area (Å²) >= 11 is 3.70. The number of hydrogen-bond acceptors (Lipinski definition) is 4. The zero-order chi connectivity index (χ0) is 45.6. The van der Waals surface area contributed by atoms with Gasteiger partial charge in [0.05, 0.1) is 0 Å². The maximum atomic E-state index is 3.36. The fourth-order valence-corrected chi connectivity index (χ4v) is 9.62. The van der Waals surface area contributed by atoms with Crippen molar-refractivity contribution in [3.63, 3.8) is 0 Å². The highest BCUT2D eigenvalue weighted by Gasteiger charge is 2.23. The van der Waals surface area contributed by atoms with E-state index in [4.69, 9.17) is 0 Å². The smallest absolute Gasteiger partial charge is 0.109 e. The lowest BCUT2D eigenvalue weighted by atomic mass is 10.0. The molecule has 0 amide bonds. The number of aryl methyl sites for hydroxylation is 1. The van der Waals surface area contributed by atoms with Crippen molar-refractivity contribution in [1.82, 2.24) is 0 Å². The molecule has 0 aliphatic heterocycles. The van der Waals surface area contributed by atoms with Gasteiger partial charge in [-0.2, -0.15) is 0 Å². The Bertz CT molecular complexity index is 2690. The first kappa shape index (κ1) is 47.2. The van der Waals surface area contributed by atoms with Crippen LogP contribution in [0.3, 0.4) is 0 Å². The van der Waals surface area contributed by atoms with Crippen molar-refractivity contribution >= 4 is 67.1 Å². The Morgan fingerprint density at radius 3 is 1.08 bits per heavy atom. The van der Waals surface area contributed by atoms with E-state index in [1.807, 2.05) is 54.7 Å². The van der Waals surface area contributed by atoms with Crippen molar-refractivity contribution in [3.8, 4) is 22.3 Å². The van der Waals surface area contributed by atoms with Crippen molar-refractivity contribution in [3.05, 3.63) is 265 Å². The Morgan fingerprint density at radius 2 is 0.754 bits per heavy atom. The maximum absolute atomic E-state index is 3.36. The maximum Gasteiger partial charge on any atom is 0.109 e. The molecule has 9 aromatic rings. The molecule has 9 rings (SSSR count). The molecular weight excluding hydrogens is 825 g/mol. The van der Waals surface area contributed by atoms with Crippen LogP contribution in [0.4, 0.5) is 32.8 Å². The lowest BCUT2D eigenvalue weighted by molar-refractivity contribution is 1.26. The highest BCUT2D eigenvalue weighted by atomic mass is 32.1. The van der Waals surface area contributed by atoms with Crippen LogP contribution in [-0.4, -0.2) is 0 Å². The van der Waals surface area contributed by atoms with Crippen LogP contribution < -0.4 is 9.80 Å².